The fourth-order valence-corrected chi connectivity index (χ4v) is 3.48. The topological polar surface area (TPSA) is 54.4 Å². The fraction of sp³-hybridized carbons (Fsp3) is 0.455. The second-order valence-corrected chi connectivity index (χ2v) is 6.11. The summed E-state index contributed by atoms with van der Waals surface area (Å²) in [5.74, 6) is 0.540. The van der Waals surface area contributed by atoms with E-state index in [2.05, 4.69) is 0 Å². The largest absolute Gasteiger partial charge is 0.508 e. The highest BCUT2D eigenvalue weighted by Gasteiger charge is 2.25. The van der Waals surface area contributed by atoms with E-state index in [0.29, 0.717) is 5.92 Å². The molecule has 2 rings (SSSR count). The summed E-state index contributed by atoms with van der Waals surface area (Å²) >= 11 is 0. The highest BCUT2D eigenvalue weighted by molar-refractivity contribution is 7.91. The summed E-state index contributed by atoms with van der Waals surface area (Å²) in [4.78, 5) is 0.231. The van der Waals surface area contributed by atoms with Crippen LogP contribution >= 0.6 is 0 Å². The number of benzene rings is 1. The number of rotatable bonds is 3. The molecule has 0 amide bonds. The third-order valence-electron chi connectivity index (χ3n) is 2.86. The summed E-state index contributed by atoms with van der Waals surface area (Å²) in [5, 5.41) is 9.22. The smallest absolute Gasteiger partial charge is 0.178 e. The molecule has 1 aromatic carbocycles. The maximum atomic E-state index is 11.9. The maximum Gasteiger partial charge on any atom is 0.178 e. The van der Waals surface area contributed by atoms with Crippen LogP contribution in [0.4, 0.5) is 0 Å². The van der Waals surface area contributed by atoms with E-state index in [1.807, 2.05) is 0 Å². The van der Waals surface area contributed by atoms with Gasteiger partial charge in [-0.1, -0.05) is 12.5 Å². The normalized spacial score (nSPS) is 17.3. The van der Waals surface area contributed by atoms with Crippen molar-refractivity contribution in [2.75, 3.05) is 5.75 Å². The zero-order valence-electron chi connectivity index (χ0n) is 8.39. The lowest BCUT2D eigenvalue weighted by atomic mass is 9.87. The molecule has 0 saturated heterocycles. The second-order valence-electron chi connectivity index (χ2n) is 4.08. The molecule has 0 radical (unpaired) electrons. The number of aromatic hydroxyl groups is 1. The Balaban J connectivity index is 2.20. The molecular weight excluding hydrogens is 212 g/mol. The van der Waals surface area contributed by atoms with Gasteiger partial charge in [-0.05, 0) is 37.0 Å². The van der Waals surface area contributed by atoms with Crippen molar-refractivity contribution in [2.24, 2.45) is 5.92 Å². The summed E-state index contributed by atoms with van der Waals surface area (Å²) in [6.45, 7) is 0. The fourth-order valence-electron chi connectivity index (χ4n) is 1.74. The van der Waals surface area contributed by atoms with Gasteiger partial charge in [0.05, 0.1) is 10.6 Å². The molecule has 15 heavy (non-hydrogen) atoms. The molecule has 0 unspecified atom stereocenters. The van der Waals surface area contributed by atoms with Crippen LogP contribution in [-0.2, 0) is 9.84 Å². The van der Waals surface area contributed by atoms with Gasteiger partial charge in [-0.2, -0.15) is 0 Å². The molecule has 0 spiro atoms. The second kappa shape index (κ2) is 3.85. The maximum absolute atomic E-state index is 11.9. The zero-order chi connectivity index (χ0) is 10.9. The Kier molecular flexibility index (Phi) is 2.69. The van der Waals surface area contributed by atoms with E-state index in [4.69, 9.17) is 0 Å². The molecule has 82 valence electrons. The molecule has 0 bridgehead atoms. The predicted molar refractivity (Wildman–Crippen MR) is 57.5 cm³/mol. The van der Waals surface area contributed by atoms with Crippen LogP contribution in [-0.4, -0.2) is 19.3 Å². The van der Waals surface area contributed by atoms with Crippen molar-refractivity contribution in [3.63, 3.8) is 0 Å². The average molecular weight is 226 g/mol. The third-order valence-corrected chi connectivity index (χ3v) is 4.74. The molecule has 1 aliphatic carbocycles. The highest BCUT2D eigenvalue weighted by Crippen LogP contribution is 2.30. The first-order valence-corrected chi connectivity index (χ1v) is 6.75. The minimum atomic E-state index is -3.20. The molecule has 3 nitrogen and oxygen atoms in total. The van der Waals surface area contributed by atoms with Crippen LogP contribution < -0.4 is 0 Å². The predicted octanol–water partition coefficient (Wildman–Crippen LogP) is 1.97. The quantitative estimate of drug-likeness (QED) is 0.857. The molecule has 1 N–H and O–H groups in total. The van der Waals surface area contributed by atoms with Crippen molar-refractivity contribution in [2.45, 2.75) is 24.2 Å². The minimum Gasteiger partial charge on any atom is -0.508 e. The number of hydrogen-bond acceptors (Lipinski definition) is 3. The molecule has 1 aliphatic rings. The van der Waals surface area contributed by atoms with Crippen molar-refractivity contribution >= 4 is 9.84 Å². The Hall–Kier alpha value is -1.03. The van der Waals surface area contributed by atoms with Crippen LogP contribution in [0.1, 0.15) is 19.3 Å². The molecular formula is C11H14O3S. The van der Waals surface area contributed by atoms with E-state index in [9.17, 15) is 13.5 Å². The van der Waals surface area contributed by atoms with Crippen molar-refractivity contribution in [3.8, 4) is 5.75 Å². The van der Waals surface area contributed by atoms with Crippen molar-refractivity contribution in [3.05, 3.63) is 24.3 Å². The summed E-state index contributed by atoms with van der Waals surface area (Å²) in [5.41, 5.74) is 0. The minimum absolute atomic E-state index is 0.00434. The van der Waals surface area contributed by atoms with Crippen LogP contribution in [0, 0.1) is 5.92 Å². The Morgan fingerprint density at radius 3 is 2.60 bits per heavy atom. The van der Waals surface area contributed by atoms with Gasteiger partial charge >= 0.3 is 0 Å². The number of sulfone groups is 1. The third kappa shape index (κ3) is 2.31. The highest BCUT2D eigenvalue weighted by atomic mass is 32.2. The lowest BCUT2D eigenvalue weighted by Crippen LogP contribution is -2.22. The van der Waals surface area contributed by atoms with Gasteiger partial charge in [0.15, 0.2) is 9.84 Å². The molecule has 1 fully saturated rings. The molecule has 0 aromatic heterocycles. The summed E-state index contributed by atoms with van der Waals surface area (Å²) < 4.78 is 23.8. The number of phenols is 1. The van der Waals surface area contributed by atoms with Crippen LogP contribution in [0.25, 0.3) is 0 Å². The summed E-state index contributed by atoms with van der Waals surface area (Å²) in [6.07, 6.45) is 3.16. The van der Waals surface area contributed by atoms with Crippen LogP contribution in [0.3, 0.4) is 0 Å². The van der Waals surface area contributed by atoms with Crippen LogP contribution in [0.15, 0.2) is 29.2 Å². The Labute approximate surface area is 89.7 Å². The standard InChI is InChI=1S/C11H14O3S/c12-10-5-2-6-11(7-10)15(13,14)8-9-3-1-4-9/h2,5-7,9,12H,1,3-4,8H2. The first kappa shape index (κ1) is 10.5. The van der Waals surface area contributed by atoms with Gasteiger partial charge < -0.3 is 5.11 Å². The lowest BCUT2D eigenvalue weighted by Gasteiger charge is -2.24. The number of hydrogen-bond donors (Lipinski definition) is 1. The van der Waals surface area contributed by atoms with E-state index in [1.165, 1.54) is 18.2 Å². The summed E-state index contributed by atoms with van der Waals surface area (Å²) in [6, 6.07) is 5.88. The molecule has 4 heteroatoms. The zero-order valence-corrected chi connectivity index (χ0v) is 9.20. The van der Waals surface area contributed by atoms with Crippen LogP contribution in [0.5, 0.6) is 5.75 Å². The van der Waals surface area contributed by atoms with Gasteiger partial charge in [-0.3, -0.25) is 0 Å². The van der Waals surface area contributed by atoms with Gasteiger partial charge in [-0.15, -0.1) is 0 Å². The van der Waals surface area contributed by atoms with Crippen LogP contribution in [0.2, 0.25) is 0 Å². The Morgan fingerprint density at radius 1 is 1.33 bits per heavy atom. The molecule has 0 heterocycles. The van der Waals surface area contributed by atoms with Crippen molar-refractivity contribution in [1.82, 2.24) is 0 Å². The number of phenolic OH excluding ortho intramolecular Hbond substituents is 1. The Bertz CT molecular complexity index is 447. The van der Waals surface area contributed by atoms with E-state index >= 15 is 0 Å². The van der Waals surface area contributed by atoms with E-state index in [-0.39, 0.29) is 16.4 Å². The van der Waals surface area contributed by atoms with Gasteiger partial charge in [0, 0.05) is 0 Å². The lowest BCUT2D eigenvalue weighted by molar-refractivity contribution is 0.347. The monoisotopic (exact) mass is 226 g/mol. The average Bonchev–Trinajstić information content (AvgIpc) is 2.12. The molecule has 0 aliphatic heterocycles. The van der Waals surface area contributed by atoms with Crippen molar-refractivity contribution < 1.29 is 13.5 Å². The van der Waals surface area contributed by atoms with E-state index < -0.39 is 9.84 Å². The first-order chi connectivity index (χ1) is 7.08. The molecule has 1 saturated carbocycles. The van der Waals surface area contributed by atoms with Crippen molar-refractivity contribution in [1.29, 1.82) is 0 Å². The summed E-state index contributed by atoms with van der Waals surface area (Å²) in [7, 11) is -3.20. The SMILES string of the molecule is O=S(=O)(CC1CCC1)c1cccc(O)c1. The van der Waals surface area contributed by atoms with Gasteiger partial charge in [0.1, 0.15) is 5.75 Å². The first-order valence-electron chi connectivity index (χ1n) is 5.10. The molecule has 1 aromatic rings. The van der Waals surface area contributed by atoms with Gasteiger partial charge in [0.2, 0.25) is 0 Å². The van der Waals surface area contributed by atoms with E-state index in [0.717, 1.165) is 19.3 Å². The van der Waals surface area contributed by atoms with E-state index in [1.54, 1.807) is 6.07 Å². The Morgan fingerprint density at radius 2 is 2.07 bits per heavy atom. The molecule has 0 atom stereocenters. The van der Waals surface area contributed by atoms with Gasteiger partial charge in [-0.25, -0.2) is 8.42 Å². The van der Waals surface area contributed by atoms with Gasteiger partial charge in [0.25, 0.3) is 0 Å².